The standard InChI is InChI=1S/C33H34N2O3S/c1-2-38-32(36)24-28-16-18-30(19-17-28)39-31-15-9-14-29(25-31)35(23-21-27-12-7-4-8-13-27)33(37)34-22-20-26-10-5-3-6-11-26/h3-19,25H,2,20-24H2,1H3,(H,34,37). The number of nitrogens with zero attached hydrogens (tertiary/aromatic N) is 1. The summed E-state index contributed by atoms with van der Waals surface area (Å²) in [4.78, 5) is 29.0. The maximum absolute atomic E-state index is 13.4. The van der Waals surface area contributed by atoms with Crippen molar-refractivity contribution in [2.75, 3.05) is 24.6 Å². The van der Waals surface area contributed by atoms with Gasteiger partial charge in [0.05, 0.1) is 13.0 Å². The minimum atomic E-state index is -0.219. The predicted molar refractivity (Wildman–Crippen MR) is 158 cm³/mol. The van der Waals surface area contributed by atoms with Crippen LogP contribution in [0.15, 0.2) is 119 Å². The fourth-order valence-corrected chi connectivity index (χ4v) is 5.06. The SMILES string of the molecule is CCOC(=O)Cc1ccc(Sc2cccc(N(CCc3ccccc3)C(=O)NCCc3ccccc3)c2)cc1. The summed E-state index contributed by atoms with van der Waals surface area (Å²) in [5.41, 5.74) is 4.16. The number of amides is 2. The number of ether oxygens (including phenoxy) is 1. The Morgan fingerprint density at radius 3 is 2.08 bits per heavy atom. The van der Waals surface area contributed by atoms with E-state index in [-0.39, 0.29) is 18.4 Å². The van der Waals surface area contributed by atoms with E-state index in [4.69, 9.17) is 4.74 Å². The lowest BCUT2D eigenvalue weighted by Crippen LogP contribution is -2.42. The number of urea groups is 1. The van der Waals surface area contributed by atoms with Crippen molar-refractivity contribution < 1.29 is 14.3 Å². The monoisotopic (exact) mass is 538 g/mol. The van der Waals surface area contributed by atoms with Crippen molar-refractivity contribution >= 4 is 29.4 Å². The second-order valence-corrected chi connectivity index (χ2v) is 10.2. The van der Waals surface area contributed by atoms with Gasteiger partial charge in [0.2, 0.25) is 0 Å². The van der Waals surface area contributed by atoms with E-state index in [1.165, 1.54) is 11.1 Å². The molecule has 0 atom stereocenters. The molecule has 0 aliphatic heterocycles. The van der Waals surface area contributed by atoms with E-state index in [2.05, 4.69) is 35.6 Å². The lowest BCUT2D eigenvalue weighted by atomic mass is 10.1. The zero-order chi connectivity index (χ0) is 27.3. The molecule has 0 aromatic heterocycles. The molecule has 4 aromatic rings. The van der Waals surface area contributed by atoms with Crippen LogP contribution in [0.3, 0.4) is 0 Å². The molecular formula is C33H34N2O3S. The third-order valence-electron chi connectivity index (χ3n) is 6.19. The quantitative estimate of drug-likeness (QED) is 0.198. The van der Waals surface area contributed by atoms with Crippen LogP contribution in [-0.2, 0) is 28.8 Å². The van der Waals surface area contributed by atoms with Gasteiger partial charge in [0.25, 0.3) is 0 Å². The Bertz CT molecular complexity index is 1330. The molecule has 4 rings (SSSR count). The number of nitrogens with one attached hydrogen (secondary N) is 1. The maximum atomic E-state index is 13.4. The second-order valence-electron chi connectivity index (χ2n) is 9.08. The molecule has 2 amide bonds. The molecule has 200 valence electrons. The molecule has 0 radical (unpaired) electrons. The van der Waals surface area contributed by atoms with Gasteiger partial charge < -0.3 is 10.1 Å². The van der Waals surface area contributed by atoms with Crippen molar-refractivity contribution in [1.29, 1.82) is 0 Å². The van der Waals surface area contributed by atoms with E-state index in [0.29, 0.717) is 19.7 Å². The fourth-order valence-electron chi connectivity index (χ4n) is 4.19. The summed E-state index contributed by atoms with van der Waals surface area (Å²) in [6, 6.07) is 36.3. The van der Waals surface area contributed by atoms with Crippen molar-refractivity contribution in [2.45, 2.75) is 36.0 Å². The van der Waals surface area contributed by atoms with Gasteiger partial charge in [0.15, 0.2) is 0 Å². The van der Waals surface area contributed by atoms with Crippen molar-refractivity contribution in [3.8, 4) is 0 Å². The van der Waals surface area contributed by atoms with Gasteiger partial charge in [-0.2, -0.15) is 0 Å². The van der Waals surface area contributed by atoms with Crippen LogP contribution in [0.4, 0.5) is 10.5 Å². The fraction of sp³-hybridized carbons (Fsp3) is 0.212. The lowest BCUT2D eigenvalue weighted by molar-refractivity contribution is -0.142. The summed E-state index contributed by atoms with van der Waals surface area (Å²) in [5, 5.41) is 3.11. The molecule has 6 heteroatoms. The topological polar surface area (TPSA) is 58.6 Å². The maximum Gasteiger partial charge on any atom is 0.321 e. The summed E-state index contributed by atoms with van der Waals surface area (Å²) in [5.74, 6) is -0.219. The Balaban J connectivity index is 1.44. The molecule has 5 nitrogen and oxygen atoms in total. The summed E-state index contributed by atoms with van der Waals surface area (Å²) < 4.78 is 5.04. The first-order chi connectivity index (χ1) is 19.1. The number of carbonyl (C=O) groups excluding carboxylic acids is 2. The summed E-state index contributed by atoms with van der Waals surface area (Å²) in [7, 11) is 0. The smallest absolute Gasteiger partial charge is 0.321 e. The van der Waals surface area contributed by atoms with Crippen LogP contribution in [0.5, 0.6) is 0 Å². The van der Waals surface area contributed by atoms with Crippen molar-refractivity contribution in [2.24, 2.45) is 0 Å². The third-order valence-corrected chi connectivity index (χ3v) is 7.18. The van der Waals surface area contributed by atoms with Gasteiger partial charge in [-0.3, -0.25) is 9.69 Å². The number of esters is 1. The highest BCUT2D eigenvalue weighted by Gasteiger charge is 2.16. The molecule has 4 aromatic carbocycles. The molecular weight excluding hydrogens is 504 g/mol. The second kappa shape index (κ2) is 14.8. The minimum Gasteiger partial charge on any atom is -0.466 e. The molecule has 0 saturated carbocycles. The van der Waals surface area contributed by atoms with E-state index >= 15 is 0 Å². The Labute approximate surface area is 235 Å². The van der Waals surface area contributed by atoms with Crippen LogP contribution in [0, 0.1) is 0 Å². The van der Waals surface area contributed by atoms with Gasteiger partial charge in [-0.05, 0) is 66.8 Å². The average molecular weight is 539 g/mol. The lowest BCUT2D eigenvalue weighted by Gasteiger charge is -2.24. The van der Waals surface area contributed by atoms with Crippen molar-refractivity contribution in [1.82, 2.24) is 5.32 Å². The normalized spacial score (nSPS) is 10.6. The highest BCUT2D eigenvalue weighted by atomic mass is 32.2. The number of benzene rings is 4. The Morgan fingerprint density at radius 2 is 1.41 bits per heavy atom. The molecule has 0 unspecified atom stereocenters. The van der Waals surface area contributed by atoms with Crippen LogP contribution in [0.1, 0.15) is 23.6 Å². The zero-order valence-electron chi connectivity index (χ0n) is 22.2. The van der Waals surface area contributed by atoms with Gasteiger partial charge in [-0.1, -0.05) is 90.6 Å². The summed E-state index contributed by atoms with van der Waals surface area (Å²) >= 11 is 1.62. The van der Waals surface area contributed by atoms with Crippen molar-refractivity contribution in [3.05, 3.63) is 126 Å². The molecule has 0 aliphatic carbocycles. The van der Waals surface area contributed by atoms with Gasteiger partial charge in [0, 0.05) is 28.6 Å². The minimum absolute atomic E-state index is 0.104. The van der Waals surface area contributed by atoms with Crippen LogP contribution in [0.2, 0.25) is 0 Å². The Kier molecular flexibility index (Phi) is 10.6. The highest BCUT2D eigenvalue weighted by molar-refractivity contribution is 7.99. The molecule has 0 spiro atoms. The van der Waals surface area contributed by atoms with E-state index < -0.39 is 0 Å². The van der Waals surface area contributed by atoms with Gasteiger partial charge in [-0.15, -0.1) is 0 Å². The first kappa shape index (κ1) is 28.0. The Morgan fingerprint density at radius 1 is 0.744 bits per heavy atom. The van der Waals surface area contributed by atoms with Crippen molar-refractivity contribution in [3.63, 3.8) is 0 Å². The van der Waals surface area contributed by atoms with E-state index in [9.17, 15) is 9.59 Å². The molecule has 0 saturated heterocycles. The first-order valence-electron chi connectivity index (χ1n) is 13.3. The predicted octanol–water partition coefficient (Wildman–Crippen LogP) is 6.94. The average Bonchev–Trinajstić information content (AvgIpc) is 2.96. The van der Waals surface area contributed by atoms with Crippen LogP contribution in [0.25, 0.3) is 0 Å². The van der Waals surface area contributed by atoms with E-state index in [0.717, 1.165) is 33.9 Å². The molecule has 0 fully saturated rings. The van der Waals surface area contributed by atoms with Crippen LogP contribution < -0.4 is 10.2 Å². The molecule has 0 bridgehead atoms. The number of hydrogen-bond donors (Lipinski definition) is 1. The molecule has 1 N–H and O–H groups in total. The largest absolute Gasteiger partial charge is 0.466 e. The number of rotatable bonds is 12. The van der Waals surface area contributed by atoms with Crippen LogP contribution >= 0.6 is 11.8 Å². The van der Waals surface area contributed by atoms with Crippen LogP contribution in [-0.4, -0.2) is 31.7 Å². The zero-order valence-corrected chi connectivity index (χ0v) is 23.0. The molecule has 39 heavy (non-hydrogen) atoms. The third kappa shape index (κ3) is 9.04. The van der Waals surface area contributed by atoms with E-state index in [1.807, 2.05) is 90.7 Å². The first-order valence-corrected chi connectivity index (χ1v) is 14.1. The number of anilines is 1. The van der Waals surface area contributed by atoms with E-state index in [1.54, 1.807) is 11.8 Å². The summed E-state index contributed by atoms with van der Waals surface area (Å²) in [6.07, 6.45) is 1.80. The number of carbonyl (C=O) groups is 2. The summed E-state index contributed by atoms with van der Waals surface area (Å²) in [6.45, 7) is 3.33. The molecule has 0 aliphatic rings. The van der Waals surface area contributed by atoms with Gasteiger partial charge in [-0.25, -0.2) is 4.79 Å². The Hall–Kier alpha value is -4.03. The van der Waals surface area contributed by atoms with Gasteiger partial charge in [0.1, 0.15) is 0 Å². The highest BCUT2D eigenvalue weighted by Crippen LogP contribution is 2.31. The molecule has 0 heterocycles. The van der Waals surface area contributed by atoms with Gasteiger partial charge >= 0.3 is 12.0 Å². The number of hydrogen-bond acceptors (Lipinski definition) is 4.